The fourth-order valence-electron chi connectivity index (χ4n) is 5.77. The molecule has 0 spiro atoms. The van der Waals surface area contributed by atoms with E-state index in [1.807, 2.05) is 6.08 Å². The maximum atomic E-state index is 11.1. The van der Waals surface area contributed by atoms with Crippen LogP contribution < -0.4 is 4.74 Å². The van der Waals surface area contributed by atoms with Crippen molar-refractivity contribution in [3.63, 3.8) is 0 Å². The van der Waals surface area contributed by atoms with Gasteiger partial charge in [-0.15, -0.1) is 0 Å². The van der Waals surface area contributed by atoms with E-state index in [-0.39, 0.29) is 39.5 Å². The molecular weight excluding hydrogens is 516 g/mol. The van der Waals surface area contributed by atoms with Gasteiger partial charge in [0.1, 0.15) is 5.58 Å². The lowest BCUT2D eigenvalue weighted by Crippen LogP contribution is -1.93. The van der Waals surface area contributed by atoms with E-state index in [0.29, 0.717) is 23.0 Å². The lowest BCUT2D eigenvalue weighted by atomic mass is 9.97. The highest BCUT2D eigenvalue weighted by Gasteiger charge is 2.26. The number of aromatic hydroxyl groups is 4. The molecule has 4 N–H and O–H groups in total. The number of methoxy groups -OCH3 is 1. The number of phenols is 4. The van der Waals surface area contributed by atoms with Gasteiger partial charge in [-0.3, -0.25) is 0 Å². The Labute approximate surface area is 246 Å². The van der Waals surface area contributed by atoms with Crippen molar-refractivity contribution in [2.75, 3.05) is 7.11 Å². The number of allylic oxidation sites excluding steroid dienone is 1. The molecule has 0 aliphatic heterocycles. The van der Waals surface area contributed by atoms with Gasteiger partial charge in [0.15, 0.2) is 34.3 Å². The Kier molecular flexibility index (Phi) is 13.5. The van der Waals surface area contributed by atoms with Gasteiger partial charge in [0.25, 0.3) is 0 Å². The van der Waals surface area contributed by atoms with Gasteiger partial charge >= 0.3 is 0 Å². The Morgan fingerprint density at radius 2 is 1.22 bits per heavy atom. The predicted molar refractivity (Wildman–Crippen MR) is 170 cm³/mol. The van der Waals surface area contributed by atoms with Crippen molar-refractivity contribution >= 4 is 28.0 Å². The molecule has 0 fully saturated rings. The van der Waals surface area contributed by atoms with Crippen LogP contribution in [0.3, 0.4) is 0 Å². The van der Waals surface area contributed by atoms with Gasteiger partial charge in [-0.1, -0.05) is 116 Å². The molecular formula is C35H52O6. The molecule has 41 heavy (non-hydrogen) atoms. The number of fused-ring (bicyclic) bond motifs is 3. The van der Waals surface area contributed by atoms with E-state index in [1.54, 1.807) is 12.1 Å². The molecule has 0 aliphatic rings. The summed E-state index contributed by atoms with van der Waals surface area (Å²) in [5, 5.41) is 44.8. The first-order chi connectivity index (χ1) is 20.0. The summed E-state index contributed by atoms with van der Waals surface area (Å²) in [5.41, 5.74) is 1.20. The normalized spacial score (nSPS) is 11.9. The summed E-state index contributed by atoms with van der Waals surface area (Å²) >= 11 is 0. The summed E-state index contributed by atoms with van der Waals surface area (Å²) in [4.78, 5) is 0. The standard InChI is InChI=1S/C35H52O6/c1-4-6-8-10-12-14-16-18-20-22-25-29-27(24-28(40-3)31(25)36)41-35-30(29)34(39)32(37)26(33(35)38)23-21-19-17-15-13-11-9-7-5-2/h21,23-24,36-39H,4-20,22H2,1-3H3. The van der Waals surface area contributed by atoms with Crippen LogP contribution in [0.2, 0.25) is 0 Å². The van der Waals surface area contributed by atoms with E-state index in [4.69, 9.17) is 9.15 Å². The first kappa shape index (κ1) is 32.5. The number of hydrogen-bond acceptors (Lipinski definition) is 6. The molecule has 0 unspecified atom stereocenters. The number of unbranched alkanes of at least 4 members (excludes halogenated alkanes) is 15. The third kappa shape index (κ3) is 8.50. The molecule has 0 bridgehead atoms. The quantitative estimate of drug-likeness (QED) is 0.0614. The van der Waals surface area contributed by atoms with Crippen molar-refractivity contribution in [2.45, 2.75) is 129 Å². The Hall–Kier alpha value is -3.02. The molecule has 0 aliphatic carbocycles. The number of benzene rings is 2. The van der Waals surface area contributed by atoms with E-state index in [2.05, 4.69) is 13.8 Å². The van der Waals surface area contributed by atoms with Crippen LogP contribution in [0.1, 0.15) is 134 Å². The molecule has 0 radical (unpaired) electrons. The SMILES string of the molecule is CCCCCCCCCC=Cc1c(O)c(O)c2c(oc3cc(OC)c(O)c(CCCCCCCCCCC)c32)c1O. The lowest BCUT2D eigenvalue weighted by molar-refractivity contribution is 0.370. The molecule has 1 aromatic heterocycles. The van der Waals surface area contributed by atoms with Gasteiger partial charge < -0.3 is 29.6 Å². The minimum absolute atomic E-state index is 0.000637. The summed E-state index contributed by atoms with van der Waals surface area (Å²) in [6.07, 6.45) is 24.0. The van der Waals surface area contributed by atoms with Gasteiger partial charge in [-0.25, -0.2) is 0 Å². The number of aryl methyl sites for hydroxylation is 1. The number of ether oxygens (including phenoxy) is 1. The van der Waals surface area contributed by atoms with Gasteiger partial charge in [0, 0.05) is 17.0 Å². The largest absolute Gasteiger partial charge is 0.504 e. The zero-order chi connectivity index (χ0) is 29.6. The molecule has 6 nitrogen and oxygen atoms in total. The van der Waals surface area contributed by atoms with Crippen molar-refractivity contribution in [3.8, 4) is 28.7 Å². The molecule has 228 valence electrons. The van der Waals surface area contributed by atoms with Crippen LogP contribution in [0.5, 0.6) is 28.7 Å². The summed E-state index contributed by atoms with van der Waals surface area (Å²) in [5.74, 6) is -0.697. The van der Waals surface area contributed by atoms with Gasteiger partial charge in [-0.05, 0) is 25.7 Å². The van der Waals surface area contributed by atoms with Crippen molar-refractivity contribution in [1.82, 2.24) is 0 Å². The van der Waals surface area contributed by atoms with Crippen molar-refractivity contribution in [2.24, 2.45) is 0 Å². The summed E-state index contributed by atoms with van der Waals surface area (Å²) in [7, 11) is 1.49. The Bertz CT molecular complexity index is 1260. The molecule has 0 saturated heterocycles. The van der Waals surface area contributed by atoms with E-state index in [1.165, 1.54) is 77.7 Å². The van der Waals surface area contributed by atoms with Crippen molar-refractivity contribution < 1.29 is 29.6 Å². The zero-order valence-corrected chi connectivity index (χ0v) is 25.6. The van der Waals surface area contributed by atoms with E-state index in [9.17, 15) is 20.4 Å². The maximum Gasteiger partial charge on any atom is 0.181 e. The monoisotopic (exact) mass is 568 g/mol. The molecule has 0 saturated carbocycles. The summed E-state index contributed by atoms with van der Waals surface area (Å²) < 4.78 is 11.4. The summed E-state index contributed by atoms with van der Waals surface area (Å²) in [6, 6.07) is 1.57. The number of rotatable bonds is 20. The van der Waals surface area contributed by atoms with E-state index >= 15 is 0 Å². The smallest absolute Gasteiger partial charge is 0.181 e. The topological polar surface area (TPSA) is 103 Å². The molecule has 3 aromatic rings. The number of phenolic OH excluding ortho intramolecular Hbond substituents is 4. The molecule has 0 amide bonds. The second-order valence-corrected chi connectivity index (χ2v) is 11.4. The van der Waals surface area contributed by atoms with Crippen LogP contribution in [0.25, 0.3) is 28.0 Å². The average molecular weight is 569 g/mol. The van der Waals surface area contributed by atoms with Gasteiger partial charge in [0.05, 0.1) is 18.1 Å². The molecule has 0 atom stereocenters. The van der Waals surface area contributed by atoms with Crippen LogP contribution in [-0.4, -0.2) is 27.5 Å². The minimum atomic E-state index is -0.391. The maximum absolute atomic E-state index is 11.1. The van der Waals surface area contributed by atoms with Gasteiger partial charge in [0.2, 0.25) is 0 Å². The predicted octanol–water partition coefficient (Wildman–Crippen LogP) is 10.6. The van der Waals surface area contributed by atoms with E-state index < -0.39 is 5.75 Å². The second-order valence-electron chi connectivity index (χ2n) is 11.4. The fourth-order valence-corrected chi connectivity index (χ4v) is 5.77. The third-order valence-electron chi connectivity index (χ3n) is 8.21. The number of furan rings is 1. The van der Waals surface area contributed by atoms with Crippen LogP contribution >= 0.6 is 0 Å². The fraction of sp³-hybridized carbons (Fsp3) is 0.600. The Morgan fingerprint density at radius 3 is 1.80 bits per heavy atom. The minimum Gasteiger partial charge on any atom is -0.504 e. The Morgan fingerprint density at radius 1 is 0.659 bits per heavy atom. The van der Waals surface area contributed by atoms with Gasteiger partial charge in [-0.2, -0.15) is 0 Å². The van der Waals surface area contributed by atoms with Crippen LogP contribution in [-0.2, 0) is 6.42 Å². The van der Waals surface area contributed by atoms with Crippen molar-refractivity contribution in [1.29, 1.82) is 0 Å². The first-order valence-electron chi connectivity index (χ1n) is 16.0. The molecule has 1 heterocycles. The van der Waals surface area contributed by atoms with Crippen molar-refractivity contribution in [3.05, 3.63) is 23.3 Å². The van der Waals surface area contributed by atoms with Crippen LogP contribution in [0.4, 0.5) is 0 Å². The highest BCUT2D eigenvalue weighted by atomic mass is 16.5. The summed E-state index contributed by atoms with van der Waals surface area (Å²) in [6.45, 7) is 4.44. The number of hydrogen-bond donors (Lipinski definition) is 4. The molecule has 3 rings (SSSR count). The molecule has 2 aromatic carbocycles. The highest BCUT2D eigenvalue weighted by Crippen LogP contribution is 2.52. The Balaban J connectivity index is 1.78. The van der Waals surface area contributed by atoms with E-state index in [0.717, 1.165) is 38.5 Å². The first-order valence-corrected chi connectivity index (χ1v) is 16.0. The van der Waals surface area contributed by atoms with Crippen LogP contribution in [0, 0.1) is 0 Å². The average Bonchev–Trinajstić information content (AvgIpc) is 3.36. The third-order valence-corrected chi connectivity index (χ3v) is 8.21. The molecule has 6 heteroatoms. The zero-order valence-electron chi connectivity index (χ0n) is 25.6. The highest BCUT2D eigenvalue weighted by molar-refractivity contribution is 6.14. The lowest BCUT2D eigenvalue weighted by Gasteiger charge is -2.12. The second kappa shape index (κ2) is 17.1. The van der Waals surface area contributed by atoms with Crippen LogP contribution in [0.15, 0.2) is 16.6 Å².